The molecule has 82 valence electrons. The summed E-state index contributed by atoms with van der Waals surface area (Å²) in [5.41, 5.74) is 3.35. The largest absolute Gasteiger partial charge is 0.345 e. The minimum Gasteiger partial charge on any atom is -0.345 e. The average molecular weight is 213 g/mol. The summed E-state index contributed by atoms with van der Waals surface area (Å²) in [6.45, 7) is 4.76. The van der Waals surface area contributed by atoms with Crippen molar-refractivity contribution in [2.75, 3.05) is 0 Å². The highest BCUT2D eigenvalue weighted by atomic mass is 16.1. The molecule has 0 N–H and O–H groups in total. The molecule has 2 heteroatoms. The molecule has 0 radical (unpaired) electrons. The lowest BCUT2D eigenvalue weighted by atomic mass is 10.2. The normalized spacial score (nSPS) is 10.4. The van der Waals surface area contributed by atoms with Crippen molar-refractivity contribution in [3.63, 3.8) is 0 Å². The zero-order valence-corrected chi connectivity index (χ0v) is 9.60. The van der Waals surface area contributed by atoms with Crippen molar-refractivity contribution in [3.05, 3.63) is 69.6 Å². The van der Waals surface area contributed by atoms with E-state index < -0.39 is 0 Å². The van der Waals surface area contributed by atoms with Gasteiger partial charge in [0.1, 0.15) is 0 Å². The zero-order chi connectivity index (χ0) is 11.5. The second-order valence-corrected chi connectivity index (χ2v) is 4.05. The Morgan fingerprint density at radius 2 is 1.56 bits per heavy atom. The summed E-state index contributed by atoms with van der Waals surface area (Å²) in [6.07, 6.45) is 0. The molecule has 2 nitrogen and oxygen atoms in total. The van der Waals surface area contributed by atoms with Gasteiger partial charge in [0.2, 0.25) is 0 Å². The zero-order valence-electron chi connectivity index (χ0n) is 9.60. The molecule has 0 saturated carbocycles. The van der Waals surface area contributed by atoms with Crippen LogP contribution in [0, 0.1) is 13.8 Å². The van der Waals surface area contributed by atoms with Crippen LogP contribution in [0.4, 0.5) is 0 Å². The van der Waals surface area contributed by atoms with Crippen LogP contribution >= 0.6 is 0 Å². The number of aryl methyl sites for hydroxylation is 2. The molecule has 16 heavy (non-hydrogen) atoms. The van der Waals surface area contributed by atoms with Crippen LogP contribution in [0.15, 0.2) is 47.3 Å². The van der Waals surface area contributed by atoms with Gasteiger partial charge in [-0.15, -0.1) is 0 Å². The molecule has 1 heterocycles. The average Bonchev–Trinajstić information content (AvgIpc) is 2.25. The van der Waals surface area contributed by atoms with Crippen molar-refractivity contribution in [2.45, 2.75) is 20.4 Å². The summed E-state index contributed by atoms with van der Waals surface area (Å²) in [6, 6.07) is 13.6. The number of hydrogen-bond acceptors (Lipinski definition) is 1. The monoisotopic (exact) mass is 213 g/mol. The smallest absolute Gasteiger partial charge is 0.182 e. The lowest BCUT2D eigenvalue weighted by Crippen LogP contribution is -2.13. The van der Waals surface area contributed by atoms with Gasteiger partial charge >= 0.3 is 0 Å². The third kappa shape index (κ3) is 2.22. The Balaban J connectivity index is 2.39. The van der Waals surface area contributed by atoms with Gasteiger partial charge in [0.25, 0.3) is 0 Å². The Morgan fingerprint density at radius 3 is 2.12 bits per heavy atom. The van der Waals surface area contributed by atoms with Gasteiger partial charge in [-0.2, -0.15) is 0 Å². The molecular formula is C14H15NO. The van der Waals surface area contributed by atoms with Crippen LogP contribution in [0.2, 0.25) is 0 Å². The van der Waals surface area contributed by atoms with Crippen molar-refractivity contribution in [1.29, 1.82) is 0 Å². The molecule has 0 fully saturated rings. The van der Waals surface area contributed by atoms with E-state index in [4.69, 9.17) is 0 Å². The molecule has 0 aliphatic rings. The van der Waals surface area contributed by atoms with E-state index in [0.717, 1.165) is 17.9 Å². The maximum atomic E-state index is 11.3. The van der Waals surface area contributed by atoms with Gasteiger partial charge in [-0.1, -0.05) is 30.3 Å². The molecule has 1 aromatic heterocycles. The van der Waals surface area contributed by atoms with Gasteiger partial charge in [0.15, 0.2) is 5.43 Å². The molecule has 0 unspecified atom stereocenters. The first-order valence-electron chi connectivity index (χ1n) is 5.39. The highest BCUT2D eigenvalue weighted by Gasteiger charge is 2.01. The molecule has 0 bridgehead atoms. The highest BCUT2D eigenvalue weighted by Crippen LogP contribution is 2.07. The van der Waals surface area contributed by atoms with E-state index in [2.05, 4.69) is 16.7 Å². The Labute approximate surface area is 95.2 Å². The van der Waals surface area contributed by atoms with Crippen molar-refractivity contribution in [2.24, 2.45) is 0 Å². The molecule has 0 aliphatic heterocycles. The number of aromatic nitrogens is 1. The molecule has 0 aliphatic carbocycles. The molecule has 1 aromatic carbocycles. The first-order valence-corrected chi connectivity index (χ1v) is 5.39. The van der Waals surface area contributed by atoms with Crippen LogP contribution in [-0.4, -0.2) is 4.57 Å². The van der Waals surface area contributed by atoms with Gasteiger partial charge in [-0.25, -0.2) is 0 Å². The Morgan fingerprint density at radius 1 is 1.00 bits per heavy atom. The number of hydrogen-bond donors (Lipinski definition) is 0. The molecule has 2 aromatic rings. The third-order valence-corrected chi connectivity index (χ3v) is 2.74. The van der Waals surface area contributed by atoms with Gasteiger partial charge < -0.3 is 4.57 Å². The quantitative estimate of drug-likeness (QED) is 0.751. The lowest BCUT2D eigenvalue weighted by Gasteiger charge is -2.14. The minimum absolute atomic E-state index is 0.0827. The fourth-order valence-electron chi connectivity index (χ4n) is 1.90. The van der Waals surface area contributed by atoms with E-state index >= 15 is 0 Å². The fraction of sp³-hybridized carbons (Fsp3) is 0.214. The second-order valence-electron chi connectivity index (χ2n) is 4.05. The van der Waals surface area contributed by atoms with E-state index in [0.29, 0.717) is 0 Å². The summed E-state index contributed by atoms with van der Waals surface area (Å²) in [7, 11) is 0. The Kier molecular flexibility index (Phi) is 2.91. The first-order chi connectivity index (χ1) is 7.66. The molecule has 0 amide bonds. The van der Waals surface area contributed by atoms with Crippen LogP contribution in [0.3, 0.4) is 0 Å². The van der Waals surface area contributed by atoms with E-state index in [9.17, 15) is 4.79 Å². The topological polar surface area (TPSA) is 22.0 Å². The Bertz CT molecular complexity index is 514. The second kappa shape index (κ2) is 4.35. The number of nitrogens with zero attached hydrogens (tertiary/aromatic N) is 1. The van der Waals surface area contributed by atoms with E-state index in [-0.39, 0.29) is 5.43 Å². The maximum Gasteiger partial charge on any atom is 0.182 e. The fourth-order valence-corrected chi connectivity index (χ4v) is 1.90. The summed E-state index contributed by atoms with van der Waals surface area (Å²) >= 11 is 0. The van der Waals surface area contributed by atoms with Crippen molar-refractivity contribution < 1.29 is 0 Å². The maximum absolute atomic E-state index is 11.3. The van der Waals surface area contributed by atoms with E-state index in [1.807, 2.05) is 32.0 Å². The molecule has 0 saturated heterocycles. The SMILES string of the molecule is Cc1cc(=O)cc(C)n1Cc1ccccc1. The predicted molar refractivity (Wildman–Crippen MR) is 65.7 cm³/mol. The Hall–Kier alpha value is -1.83. The lowest BCUT2D eigenvalue weighted by molar-refractivity contribution is 0.728. The standard InChI is InChI=1S/C14H15NO/c1-11-8-14(16)9-12(2)15(11)10-13-6-4-3-5-7-13/h3-9H,10H2,1-2H3. The summed E-state index contributed by atoms with van der Waals surface area (Å²) < 4.78 is 2.15. The van der Waals surface area contributed by atoms with Crippen LogP contribution in [0.25, 0.3) is 0 Å². The predicted octanol–water partition coefficient (Wildman–Crippen LogP) is 2.51. The molecule has 2 rings (SSSR count). The van der Waals surface area contributed by atoms with Gasteiger partial charge in [-0.05, 0) is 19.4 Å². The van der Waals surface area contributed by atoms with Crippen molar-refractivity contribution in [3.8, 4) is 0 Å². The summed E-state index contributed by atoms with van der Waals surface area (Å²) in [5, 5.41) is 0. The number of benzene rings is 1. The van der Waals surface area contributed by atoms with Gasteiger partial charge in [0.05, 0.1) is 0 Å². The minimum atomic E-state index is 0.0827. The van der Waals surface area contributed by atoms with Crippen LogP contribution < -0.4 is 5.43 Å². The van der Waals surface area contributed by atoms with Gasteiger partial charge in [0, 0.05) is 30.1 Å². The number of pyridine rings is 1. The van der Waals surface area contributed by atoms with Crippen molar-refractivity contribution in [1.82, 2.24) is 4.57 Å². The van der Waals surface area contributed by atoms with Crippen LogP contribution in [0.5, 0.6) is 0 Å². The highest BCUT2D eigenvalue weighted by molar-refractivity contribution is 5.19. The summed E-state index contributed by atoms with van der Waals surface area (Å²) in [5.74, 6) is 0. The van der Waals surface area contributed by atoms with Crippen molar-refractivity contribution >= 4 is 0 Å². The molecular weight excluding hydrogens is 198 g/mol. The van der Waals surface area contributed by atoms with E-state index in [1.165, 1.54) is 5.56 Å². The summed E-state index contributed by atoms with van der Waals surface area (Å²) in [4.78, 5) is 11.3. The molecule has 0 atom stereocenters. The van der Waals surface area contributed by atoms with E-state index in [1.54, 1.807) is 12.1 Å². The first kappa shape index (κ1) is 10.7. The number of rotatable bonds is 2. The van der Waals surface area contributed by atoms with Crippen LogP contribution in [0.1, 0.15) is 17.0 Å². The third-order valence-electron chi connectivity index (χ3n) is 2.74. The molecule has 0 spiro atoms. The van der Waals surface area contributed by atoms with Crippen LogP contribution in [-0.2, 0) is 6.54 Å². The van der Waals surface area contributed by atoms with Gasteiger partial charge in [-0.3, -0.25) is 4.79 Å².